The SMILES string of the molecule is CC1CC(NS(=O)(=O)c2ccc(C#N)c(C(F)(F)F)c2)CCN1. The second-order valence-electron chi connectivity index (χ2n) is 5.51. The Bertz CT molecular complexity index is 726. The normalized spacial score (nSPS) is 22.6. The van der Waals surface area contributed by atoms with Gasteiger partial charge in [0.2, 0.25) is 10.0 Å². The minimum atomic E-state index is -4.79. The van der Waals surface area contributed by atoms with Gasteiger partial charge in [-0.05, 0) is 44.5 Å². The van der Waals surface area contributed by atoms with E-state index in [2.05, 4.69) is 10.0 Å². The van der Waals surface area contributed by atoms with E-state index < -0.39 is 32.2 Å². The zero-order valence-corrected chi connectivity index (χ0v) is 13.1. The zero-order chi connectivity index (χ0) is 17.3. The zero-order valence-electron chi connectivity index (χ0n) is 12.3. The van der Waals surface area contributed by atoms with Crippen LogP contribution in [0.2, 0.25) is 0 Å². The van der Waals surface area contributed by atoms with Gasteiger partial charge in [-0.25, -0.2) is 13.1 Å². The molecule has 23 heavy (non-hydrogen) atoms. The summed E-state index contributed by atoms with van der Waals surface area (Å²) in [6.07, 6.45) is -3.67. The molecule has 1 fully saturated rings. The minimum Gasteiger partial charge on any atom is -0.314 e. The molecule has 2 rings (SSSR count). The van der Waals surface area contributed by atoms with E-state index in [-0.39, 0.29) is 12.1 Å². The van der Waals surface area contributed by atoms with Gasteiger partial charge in [-0.1, -0.05) is 0 Å². The van der Waals surface area contributed by atoms with E-state index in [1.807, 2.05) is 6.92 Å². The van der Waals surface area contributed by atoms with Crippen LogP contribution in [0.15, 0.2) is 23.1 Å². The molecule has 1 aromatic rings. The van der Waals surface area contributed by atoms with Gasteiger partial charge in [0.15, 0.2) is 0 Å². The van der Waals surface area contributed by atoms with Gasteiger partial charge in [-0.2, -0.15) is 18.4 Å². The van der Waals surface area contributed by atoms with Crippen LogP contribution in [0.5, 0.6) is 0 Å². The quantitative estimate of drug-likeness (QED) is 0.876. The Balaban J connectivity index is 2.31. The average molecular weight is 347 g/mol. The molecule has 1 aliphatic heterocycles. The molecule has 2 unspecified atom stereocenters. The predicted molar refractivity (Wildman–Crippen MR) is 77.0 cm³/mol. The van der Waals surface area contributed by atoms with Gasteiger partial charge in [-0.15, -0.1) is 0 Å². The second-order valence-corrected chi connectivity index (χ2v) is 7.23. The van der Waals surface area contributed by atoms with Crippen LogP contribution >= 0.6 is 0 Å². The summed E-state index contributed by atoms with van der Waals surface area (Å²) in [5.74, 6) is 0. The minimum absolute atomic E-state index is 0.128. The molecule has 0 aliphatic carbocycles. The van der Waals surface area contributed by atoms with Crippen molar-refractivity contribution in [2.75, 3.05) is 6.54 Å². The highest BCUT2D eigenvalue weighted by Gasteiger charge is 2.35. The van der Waals surface area contributed by atoms with Gasteiger partial charge in [0.05, 0.1) is 22.1 Å². The molecule has 1 heterocycles. The maximum Gasteiger partial charge on any atom is 0.417 e. The van der Waals surface area contributed by atoms with Crippen molar-refractivity contribution in [1.29, 1.82) is 5.26 Å². The third-order valence-electron chi connectivity index (χ3n) is 3.67. The number of hydrogen-bond acceptors (Lipinski definition) is 4. The van der Waals surface area contributed by atoms with Crippen molar-refractivity contribution in [3.63, 3.8) is 0 Å². The first kappa shape index (κ1) is 17.7. The lowest BCUT2D eigenvalue weighted by atomic mass is 10.0. The van der Waals surface area contributed by atoms with E-state index in [0.29, 0.717) is 25.5 Å². The third-order valence-corrected chi connectivity index (χ3v) is 5.19. The van der Waals surface area contributed by atoms with Crippen molar-refractivity contribution in [2.24, 2.45) is 0 Å². The maximum absolute atomic E-state index is 12.9. The highest BCUT2D eigenvalue weighted by Crippen LogP contribution is 2.33. The summed E-state index contributed by atoms with van der Waals surface area (Å²) in [7, 11) is -4.08. The summed E-state index contributed by atoms with van der Waals surface area (Å²) in [6.45, 7) is 2.54. The summed E-state index contributed by atoms with van der Waals surface area (Å²) in [5.41, 5.74) is -1.85. The van der Waals surface area contributed by atoms with Crippen LogP contribution < -0.4 is 10.0 Å². The van der Waals surface area contributed by atoms with E-state index in [0.717, 1.165) is 12.1 Å². The molecular weight excluding hydrogens is 331 g/mol. The van der Waals surface area contributed by atoms with Crippen molar-refractivity contribution >= 4 is 10.0 Å². The highest BCUT2D eigenvalue weighted by atomic mass is 32.2. The van der Waals surface area contributed by atoms with Crippen molar-refractivity contribution < 1.29 is 21.6 Å². The Kier molecular flexibility index (Phi) is 4.98. The van der Waals surface area contributed by atoms with E-state index in [9.17, 15) is 21.6 Å². The second kappa shape index (κ2) is 6.47. The van der Waals surface area contributed by atoms with E-state index in [1.165, 1.54) is 6.07 Å². The van der Waals surface area contributed by atoms with Crippen LogP contribution in [-0.4, -0.2) is 27.0 Å². The monoisotopic (exact) mass is 347 g/mol. The fourth-order valence-corrected chi connectivity index (χ4v) is 3.86. The lowest BCUT2D eigenvalue weighted by molar-refractivity contribution is -0.137. The van der Waals surface area contributed by atoms with Gasteiger partial charge in [0, 0.05) is 12.1 Å². The first-order valence-corrected chi connectivity index (χ1v) is 8.49. The number of rotatable bonds is 3. The molecular formula is C14H16F3N3O2S. The maximum atomic E-state index is 12.9. The van der Waals surface area contributed by atoms with Crippen LogP contribution in [-0.2, 0) is 16.2 Å². The molecule has 0 saturated carbocycles. The summed E-state index contributed by atoms with van der Waals surface area (Å²) in [5, 5.41) is 11.9. The lowest BCUT2D eigenvalue weighted by Gasteiger charge is -2.28. The summed E-state index contributed by atoms with van der Waals surface area (Å²) < 4.78 is 65.9. The van der Waals surface area contributed by atoms with Gasteiger partial charge in [-0.3, -0.25) is 0 Å². The number of nitrogens with one attached hydrogen (secondary N) is 2. The van der Waals surface area contributed by atoms with Gasteiger partial charge < -0.3 is 5.32 Å². The number of hydrogen-bond donors (Lipinski definition) is 2. The fourth-order valence-electron chi connectivity index (χ4n) is 2.55. The lowest BCUT2D eigenvalue weighted by Crippen LogP contribution is -2.46. The number of piperidine rings is 1. The Morgan fingerprint density at radius 2 is 2.09 bits per heavy atom. The highest BCUT2D eigenvalue weighted by molar-refractivity contribution is 7.89. The number of nitriles is 1. The van der Waals surface area contributed by atoms with Crippen molar-refractivity contribution in [3.05, 3.63) is 29.3 Å². The van der Waals surface area contributed by atoms with Gasteiger partial charge in [0.1, 0.15) is 0 Å². The largest absolute Gasteiger partial charge is 0.417 e. The molecule has 5 nitrogen and oxygen atoms in total. The van der Waals surface area contributed by atoms with Crippen molar-refractivity contribution in [2.45, 2.75) is 42.9 Å². The Labute approximate surface area is 132 Å². The molecule has 0 bridgehead atoms. The predicted octanol–water partition coefficient (Wildman–Crippen LogP) is 2.00. The number of nitrogens with zero attached hydrogens (tertiary/aromatic N) is 1. The summed E-state index contributed by atoms with van der Waals surface area (Å²) in [6, 6.07) is 3.62. The molecule has 1 saturated heterocycles. The first-order valence-electron chi connectivity index (χ1n) is 7.00. The van der Waals surface area contributed by atoms with Crippen LogP contribution in [0.3, 0.4) is 0 Å². The van der Waals surface area contributed by atoms with E-state index in [1.54, 1.807) is 0 Å². The number of alkyl halides is 3. The average Bonchev–Trinajstić information content (AvgIpc) is 2.45. The smallest absolute Gasteiger partial charge is 0.314 e. The molecule has 0 amide bonds. The van der Waals surface area contributed by atoms with E-state index in [4.69, 9.17) is 5.26 Å². The van der Waals surface area contributed by atoms with Crippen molar-refractivity contribution in [1.82, 2.24) is 10.0 Å². The Morgan fingerprint density at radius 1 is 1.39 bits per heavy atom. The first-order chi connectivity index (χ1) is 10.6. The molecule has 0 aromatic heterocycles. The van der Waals surface area contributed by atoms with Crippen LogP contribution in [0.4, 0.5) is 13.2 Å². The molecule has 126 valence electrons. The third kappa shape index (κ3) is 4.22. The molecule has 2 N–H and O–H groups in total. The van der Waals surface area contributed by atoms with Crippen LogP contribution in [0.1, 0.15) is 30.9 Å². The Hall–Kier alpha value is -1.63. The number of benzene rings is 1. The van der Waals surface area contributed by atoms with Gasteiger partial charge in [0.25, 0.3) is 0 Å². The molecule has 1 aliphatic rings. The van der Waals surface area contributed by atoms with Crippen LogP contribution in [0.25, 0.3) is 0 Å². The standard InChI is InChI=1S/C14H16F3N3O2S/c1-9-6-11(4-5-19-9)20-23(21,22)12-3-2-10(8-18)13(7-12)14(15,16)17/h2-3,7,9,11,19-20H,4-6H2,1H3. The number of halogens is 3. The molecule has 9 heteroatoms. The summed E-state index contributed by atoms with van der Waals surface area (Å²) >= 11 is 0. The molecule has 1 aromatic carbocycles. The molecule has 0 spiro atoms. The molecule has 0 radical (unpaired) electrons. The van der Waals surface area contributed by atoms with E-state index >= 15 is 0 Å². The van der Waals surface area contributed by atoms with Gasteiger partial charge >= 0.3 is 6.18 Å². The van der Waals surface area contributed by atoms with Crippen LogP contribution in [0, 0.1) is 11.3 Å². The molecule has 2 atom stereocenters. The summed E-state index contributed by atoms with van der Waals surface area (Å²) in [4.78, 5) is -0.491. The Morgan fingerprint density at radius 3 is 2.65 bits per heavy atom. The van der Waals surface area contributed by atoms with Crippen molar-refractivity contribution in [3.8, 4) is 6.07 Å². The number of sulfonamides is 1. The topological polar surface area (TPSA) is 82.0 Å². The fraction of sp³-hybridized carbons (Fsp3) is 0.500.